The number of hydrogen-bond acceptors (Lipinski definition) is 4. The highest BCUT2D eigenvalue weighted by Crippen LogP contribution is 2.31. The minimum absolute atomic E-state index is 0.381. The van der Waals surface area contributed by atoms with E-state index in [1.54, 1.807) is 30.1 Å². The predicted molar refractivity (Wildman–Crippen MR) is 78.1 cm³/mol. The molecule has 6 heteroatoms. The molecule has 21 heavy (non-hydrogen) atoms. The number of hydrogen-bond donors (Lipinski definition) is 1. The number of aryl methyl sites for hydroxylation is 1. The van der Waals surface area contributed by atoms with Gasteiger partial charge in [-0.2, -0.15) is 5.10 Å². The fourth-order valence-corrected chi connectivity index (χ4v) is 2.27. The van der Waals surface area contributed by atoms with Crippen LogP contribution < -0.4 is 15.2 Å². The van der Waals surface area contributed by atoms with Gasteiger partial charge in [0, 0.05) is 18.2 Å². The van der Waals surface area contributed by atoms with Crippen LogP contribution in [0.2, 0.25) is 0 Å². The molecular weight excluding hydrogens is 273 g/mol. The summed E-state index contributed by atoms with van der Waals surface area (Å²) in [4.78, 5) is 0. The molecule has 1 aromatic carbocycles. The van der Waals surface area contributed by atoms with E-state index in [-0.39, 0.29) is 0 Å². The topological polar surface area (TPSA) is 62.3 Å². The number of methoxy groups -OCH3 is 2. The van der Waals surface area contributed by atoms with Crippen LogP contribution in [-0.4, -0.2) is 24.0 Å². The van der Waals surface area contributed by atoms with Gasteiger partial charge in [0.15, 0.2) is 5.75 Å². The van der Waals surface area contributed by atoms with E-state index < -0.39 is 11.9 Å². The Bertz CT molecular complexity index is 613. The monoisotopic (exact) mass is 293 g/mol. The van der Waals surface area contributed by atoms with E-state index in [9.17, 15) is 4.39 Å². The Hall–Kier alpha value is -2.08. The smallest absolute Gasteiger partial charge is 0.161 e. The molecule has 0 bridgehead atoms. The summed E-state index contributed by atoms with van der Waals surface area (Å²) >= 11 is 0. The van der Waals surface area contributed by atoms with Gasteiger partial charge in [0.2, 0.25) is 0 Å². The average Bonchev–Trinajstić information content (AvgIpc) is 2.89. The summed E-state index contributed by atoms with van der Waals surface area (Å²) in [5.74, 6) is 0.608. The van der Waals surface area contributed by atoms with Gasteiger partial charge >= 0.3 is 0 Å². The van der Waals surface area contributed by atoms with Gasteiger partial charge in [-0.15, -0.1) is 0 Å². The summed E-state index contributed by atoms with van der Waals surface area (Å²) in [5.41, 5.74) is 7.29. The van der Waals surface area contributed by atoms with E-state index in [4.69, 9.17) is 15.2 Å². The third-order valence-electron chi connectivity index (χ3n) is 3.34. The molecule has 0 saturated carbocycles. The fraction of sp³-hybridized carbons (Fsp3) is 0.400. The number of ether oxygens (including phenoxy) is 2. The van der Waals surface area contributed by atoms with Crippen LogP contribution in [0.15, 0.2) is 24.4 Å². The Labute approximate surface area is 123 Å². The Morgan fingerprint density at radius 1 is 1.33 bits per heavy atom. The first-order chi connectivity index (χ1) is 10.1. The zero-order valence-corrected chi connectivity index (χ0v) is 12.5. The Balaban J connectivity index is 2.43. The number of rotatable bonds is 6. The van der Waals surface area contributed by atoms with E-state index in [0.29, 0.717) is 29.3 Å². The lowest BCUT2D eigenvalue weighted by Crippen LogP contribution is -2.19. The molecule has 2 aromatic rings. The van der Waals surface area contributed by atoms with Gasteiger partial charge in [-0.3, -0.25) is 4.68 Å². The number of nitrogens with two attached hydrogens (primary N) is 1. The zero-order chi connectivity index (χ0) is 15.4. The van der Waals surface area contributed by atoms with Crippen molar-refractivity contribution in [2.45, 2.75) is 25.9 Å². The SMILES string of the molecule is CCCn1ncc(OC)c1C(N)c1ccc(OC)cc1F. The first-order valence-corrected chi connectivity index (χ1v) is 6.81. The Kier molecular flexibility index (Phi) is 4.80. The van der Waals surface area contributed by atoms with Crippen molar-refractivity contribution in [3.05, 3.63) is 41.5 Å². The van der Waals surface area contributed by atoms with E-state index >= 15 is 0 Å². The number of nitrogens with zero attached hydrogens (tertiary/aromatic N) is 2. The molecule has 2 N–H and O–H groups in total. The van der Waals surface area contributed by atoms with Crippen molar-refractivity contribution in [2.75, 3.05) is 14.2 Å². The lowest BCUT2D eigenvalue weighted by atomic mass is 10.0. The van der Waals surface area contributed by atoms with Crippen molar-refractivity contribution < 1.29 is 13.9 Å². The average molecular weight is 293 g/mol. The maximum Gasteiger partial charge on any atom is 0.161 e. The normalized spacial score (nSPS) is 12.2. The van der Waals surface area contributed by atoms with Gasteiger partial charge in [-0.1, -0.05) is 13.0 Å². The Morgan fingerprint density at radius 3 is 2.67 bits per heavy atom. The second kappa shape index (κ2) is 6.58. The summed E-state index contributed by atoms with van der Waals surface area (Å²) in [6, 6.07) is 3.98. The molecular formula is C15H20FN3O2. The van der Waals surface area contributed by atoms with Crippen molar-refractivity contribution in [3.8, 4) is 11.5 Å². The maximum atomic E-state index is 14.2. The van der Waals surface area contributed by atoms with Crippen LogP contribution >= 0.6 is 0 Å². The molecule has 0 saturated heterocycles. The first kappa shape index (κ1) is 15.3. The molecule has 5 nitrogen and oxygen atoms in total. The first-order valence-electron chi connectivity index (χ1n) is 6.81. The molecule has 1 aromatic heterocycles. The Morgan fingerprint density at radius 2 is 2.10 bits per heavy atom. The molecule has 0 aliphatic heterocycles. The molecule has 0 radical (unpaired) electrons. The molecule has 0 spiro atoms. The van der Waals surface area contributed by atoms with Crippen LogP contribution in [0.5, 0.6) is 11.5 Å². The third-order valence-corrected chi connectivity index (χ3v) is 3.34. The number of halogens is 1. The highest BCUT2D eigenvalue weighted by Gasteiger charge is 2.22. The second-order valence-electron chi connectivity index (χ2n) is 4.69. The van der Waals surface area contributed by atoms with E-state index in [2.05, 4.69) is 5.10 Å². The summed E-state index contributed by atoms with van der Waals surface area (Å²) in [7, 11) is 3.04. The maximum absolute atomic E-state index is 14.2. The molecule has 0 aliphatic carbocycles. The van der Waals surface area contributed by atoms with Crippen molar-refractivity contribution in [2.24, 2.45) is 5.73 Å². The lowest BCUT2D eigenvalue weighted by Gasteiger charge is -2.17. The van der Waals surface area contributed by atoms with Crippen LogP contribution in [0.3, 0.4) is 0 Å². The van der Waals surface area contributed by atoms with Crippen LogP contribution in [-0.2, 0) is 6.54 Å². The van der Waals surface area contributed by atoms with Gasteiger partial charge < -0.3 is 15.2 Å². The van der Waals surface area contributed by atoms with Crippen LogP contribution in [0, 0.1) is 5.82 Å². The highest BCUT2D eigenvalue weighted by atomic mass is 19.1. The minimum Gasteiger partial charge on any atom is -0.497 e. The number of benzene rings is 1. The summed E-state index contributed by atoms with van der Waals surface area (Å²) < 4.78 is 26.3. The van der Waals surface area contributed by atoms with Crippen molar-refractivity contribution in [1.82, 2.24) is 9.78 Å². The molecule has 1 atom stereocenters. The number of aromatic nitrogens is 2. The van der Waals surface area contributed by atoms with E-state index in [0.717, 1.165) is 6.42 Å². The van der Waals surface area contributed by atoms with E-state index in [1.165, 1.54) is 13.2 Å². The fourth-order valence-electron chi connectivity index (χ4n) is 2.27. The molecule has 1 unspecified atom stereocenters. The third kappa shape index (κ3) is 3.00. The lowest BCUT2D eigenvalue weighted by molar-refractivity contribution is 0.402. The van der Waals surface area contributed by atoms with Crippen molar-refractivity contribution >= 4 is 0 Å². The zero-order valence-electron chi connectivity index (χ0n) is 12.5. The van der Waals surface area contributed by atoms with Crippen molar-refractivity contribution in [3.63, 3.8) is 0 Å². The molecule has 0 aliphatic rings. The minimum atomic E-state index is -0.653. The second-order valence-corrected chi connectivity index (χ2v) is 4.69. The van der Waals surface area contributed by atoms with Gasteiger partial charge in [-0.05, 0) is 12.5 Å². The molecule has 2 rings (SSSR count). The summed E-state index contributed by atoms with van der Waals surface area (Å²) in [6.07, 6.45) is 2.50. The van der Waals surface area contributed by atoms with Gasteiger partial charge in [0.1, 0.15) is 17.3 Å². The molecule has 0 fully saturated rings. The highest BCUT2D eigenvalue weighted by molar-refractivity contribution is 5.39. The quantitative estimate of drug-likeness (QED) is 0.889. The van der Waals surface area contributed by atoms with Gasteiger partial charge in [0.25, 0.3) is 0 Å². The van der Waals surface area contributed by atoms with Crippen molar-refractivity contribution in [1.29, 1.82) is 0 Å². The van der Waals surface area contributed by atoms with Crippen LogP contribution in [0.4, 0.5) is 4.39 Å². The largest absolute Gasteiger partial charge is 0.497 e. The van der Waals surface area contributed by atoms with Crippen LogP contribution in [0.25, 0.3) is 0 Å². The van der Waals surface area contributed by atoms with Gasteiger partial charge in [-0.25, -0.2) is 4.39 Å². The van der Waals surface area contributed by atoms with Crippen LogP contribution in [0.1, 0.15) is 30.6 Å². The molecule has 0 amide bonds. The summed E-state index contributed by atoms with van der Waals surface area (Å²) in [5, 5.41) is 4.25. The standard InChI is InChI=1S/C15H20FN3O2/c1-4-7-19-15(13(21-3)9-18-19)14(17)11-6-5-10(20-2)8-12(11)16/h5-6,8-9,14H,4,7,17H2,1-3H3. The van der Waals surface area contributed by atoms with Gasteiger partial charge in [0.05, 0.1) is 26.5 Å². The molecule has 114 valence electrons. The molecule has 1 heterocycles. The van der Waals surface area contributed by atoms with E-state index in [1.807, 2.05) is 6.92 Å². The predicted octanol–water partition coefficient (Wildman–Crippen LogP) is 2.50. The summed E-state index contributed by atoms with van der Waals surface area (Å²) in [6.45, 7) is 2.74.